The van der Waals surface area contributed by atoms with E-state index in [0.29, 0.717) is 13.2 Å². The summed E-state index contributed by atoms with van der Waals surface area (Å²) in [5.41, 5.74) is 0.921. The molecule has 4 nitrogen and oxygen atoms in total. The van der Waals surface area contributed by atoms with Gasteiger partial charge in [0.25, 0.3) is 0 Å². The molecular formula is C18H26O4. The lowest BCUT2D eigenvalue weighted by molar-refractivity contribution is -0.142. The molecule has 1 aromatic rings. The Balaban J connectivity index is 2.41. The highest BCUT2D eigenvalue weighted by molar-refractivity contribution is 5.87. The second-order valence-electron chi connectivity index (χ2n) is 4.96. The van der Waals surface area contributed by atoms with Gasteiger partial charge in [-0.2, -0.15) is 0 Å². The molecule has 0 fully saturated rings. The maximum Gasteiger partial charge on any atom is 0.330 e. The molecule has 1 atom stereocenters. The van der Waals surface area contributed by atoms with Crippen molar-refractivity contribution in [2.75, 3.05) is 20.3 Å². The molecule has 0 heterocycles. The number of hydrogen-bond acceptors (Lipinski definition) is 4. The minimum Gasteiger partial charge on any atom is -0.497 e. The molecule has 0 bridgehead atoms. The van der Waals surface area contributed by atoms with Crippen LogP contribution in [0.5, 0.6) is 5.75 Å². The highest BCUT2D eigenvalue weighted by atomic mass is 16.6. The first-order valence-electron chi connectivity index (χ1n) is 7.80. The molecule has 0 aliphatic heterocycles. The third kappa shape index (κ3) is 7.27. The van der Waals surface area contributed by atoms with Gasteiger partial charge in [-0.1, -0.05) is 31.9 Å². The van der Waals surface area contributed by atoms with Crippen LogP contribution in [0.3, 0.4) is 0 Å². The van der Waals surface area contributed by atoms with Crippen LogP contribution in [0, 0.1) is 0 Å². The molecular weight excluding hydrogens is 280 g/mol. The van der Waals surface area contributed by atoms with E-state index in [2.05, 4.69) is 6.92 Å². The van der Waals surface area contributed by atoms with E-state index in [1.807, 2.05) is 31.2 Å². The van der Waals surface area contributed by atoms with Gasteiger partial charge in [-0.3, -0.25) is 0 Å². The van der Waals surface area contributed by atoms with E-state index in [4.69, 9.17) is 14.2 Å². The maximum absolute atomic E-state index is 11.7. The van der Waals surface area contributed by atoms with Crippen molar-refractivity contribution in [3.8, 4) is 5.75 Å². The van der Waals surface area contributed by atoms with Crippen molar-refractivity contribution in [1.29, 1.82) is 0 Å². The van der Waals surface area contributed by atoms with Crippen molar-refractivity contribution in [3.63, 3.8) is 0 Å². The van der Waals surface area contributed by atoms with Crippen molar-refractivity contribution in [2.45, 2.75) is 39.2 Å². The number of methoxy groups -OCH3 is 1. The zero-order chi connectivity index (χ0) is 16.2. The van der Waals surface area contributed by atoms with E-state index in [1.165, 1.54) is 6.08 Å². The van der Waals surface area contributed by atoms with Gasteiger partial charge in [0.15, 0.2) is 0 Å². The summed E-state index contributed by atoms with van der Waals surface area (Å²) in [6.07, 6.45) is 6.25. The van der Waals surface area contributed by atoms with Crippen molar-refractivity contribution >= 4 is 12.0 Å². The van der Waals surface area contributed by atoms with Crippen LogP contribution in [0.1, 0.15) is 38.7 Å². The Hall–Kier alpha value is -1.81. The number of carbonyl (C=O) groups is 1. The molecule has 0 radical (unpaired) electrons. The predicted molar refractivity (Wildman–Crippen MR) is 87.9 cm³/mol. The third-order valence-electron chi connectivity index (χ3n) is 3.22. The summed E-state index contributed by atoms with van der Waals surface area (Å²) in [5, 5.41) is 0. The van der Waals surface area contributed by atoms with E-state index < -0.39 is 0 Å². The number of unbranched alkanes of at least 4 members (excludes halogenated alkanes) is 1. The van der Waals surface area contributed by atoms with Crippen LogP contribution in [0.2, 0.25) is 0 Å². The van der Waals surface area contributed by atoms with Crippen molar-refractivity contribution in [1.82, 2.24) is 0 Å². The fraction of sp³-hybridized carbons (Fsp3) is 0.500. The lowest BCUT2D eigenvalue weighted by Crippen LogP contribution is -2.21. The van der Waals surface area contributed by atoms with Gasteiger partial charge in [0.1, 0.15) is 12.4 Å². The minimum atomic E-state index is -0.350. The number of carbonyl (C=O) groups excluding carboxylic acids is 1. The van der Waals surface area contributed by atoms with Gasteiger partial charge in [0.05, 0.1) is 13.2 Å². The Labute approximate surface area is 133 Å². The third-order valence-corrected chi connectivity index (χ3v) is 3.22. The number of benzene rings is 1. The van der Waals surface area contributed by atoms with Gasteiger partial charge < -0.3 is 14.2 Å². The predicted octanol–water partition coefficient (Wildman–Crippen LogP) is 3.85. The summed E-state index contributed by atoms with van der Waals surface area (Å²) in [7, 11) is 1.62. The summed E-state index contributed by atoms with van der Waals surface area (Å²) in [4.78, 5) is 11.7. The van der Waals surface area contributed by atoms with Gasteiger partial charge >= 0.3 is 5.97 Å². The zero-order valence-electron chi connectivity index (χ0n) is 13.7. The monoisotopic (exact) mass is 306 g/mol. The average molecular weight is 306 g/mol. The summed E-state index contributed by atoms with van der Waals surface area (Å²) in [5.74, 6) is 0.437. The number of rotatable bonds is 10. The Bertz CT molecular complexity index is 451. The van der Waals surface area contributed by atoms with Crippen LogP contribution in [0.4, 0.5) is 0 Å². The van der Waals surface area contributed by atoms with Crippen molar-refractivity contribution in [3.05, 3.63) is 35.9 Å². The molecule has 0 saturated heterocycles. The van der Waals surface area contributed by atoms with Gasteiger partial charge in [-0.05, 0) is 37.1 Å². The van der Waals surface area contributed by atoms with Crippen molar-refractivity contribution < 1.29 is 19.0 Å². The first kappa shape index (κ1) is 18.2. The first-order chi connectivity index (χ1) is 10.7. The lowest BCUT2D eigenvalue weighted by atomic mass is 10.2. The molecule has 0 aliphatic rings. The molecule has 1 rings (SSSR count). The number of esters is 1. The molecule has 0 saturated carbocycles. The smallest absolute Gasteiger partial charge is 0.330 e. The van der Waals surface area contributed by atoms with Crippen molar-refractivity contribution in [2.24, 2.45) is 0 Å². The summed E-state index contributed by atoms with van der Waals surface area (Å²) in [6.45, 7) is 5.02. The van der Waals surface area contributed by atoms with Gasteiger partial charge in [0.2, 0.25) is 0 Å². The molecule has 4 heteroatoms. The Morgan fingerprint density at radius 3 is 2.55 bits per heavy atom. The average Bonchev–Trinajstić information content (AvgIpc) is 2.56. The van der Waals surface area contributed by atoms with Gasteiger partial charge in [-0.25, -0.2) is 4.79 Å². The Morgan fingerprint density at radius 2 is 1.95 bits per heavy atom. The van der Waals surface area contributed by atoms with Crippen LogP contribution < -0.4 is 4.74 Å². The Morgan fingerprint density at radius 1 is 1.23 bits per heavy atom. The van der Waals surface area contributed by atoms with E-state index in [0.717, 1.165) is 30.6 Å². The fourth-order valence-corrected chi connectivity index (χ4v) is 1.98. The van der Waals surface area contributed by atoms with E-state index >= 15 is 0 Å². The molecule has 0 aliphatic carbocycles. The largest absolute Gasteiger partial charge is 0.497 e. The highest BCUT2D eigenvalue weighted by Gasteiger charge is 2.10. The molecule has 1 unspecified atom stereocenters. The molecule has 1 aromatic carbocycles. The zero-order valence-corrected chi connectivity index (χ0v) is 13.7. The van der Waals surface area contributed by atoms with Crippen LogP contribution in [0.25, 0.3) is 6.08 Å². The van der Waals surface area contributed by atoms with E-state index in [9.17, 15) is 4.79 Å². The normalized spacial score (nSPS) is 12.3. The lowest BCUT2D eigenvalue weighted by Gasteiger charge is -2.16. The fourth-order valence-electron chi connectivity index (χ4n) is 1.98. The van der Waals surface area contributed by atoms with Gasteiger partial charge in [-0.15, -0.1) is 0 Å². The minimum absolute atomic E-state index is 0.0108. The van der Waals surface area contributed by atoms with Crippen LogP contribution in [-0.4, -0.2) is 32.4 Å². The van der Waals surface area contributed by atoms with Crippen LogP contribution >= 0.6 is 0 Å². The highest BCUT2D eigenvalue weighted by Crippen LogP contribution is 2.12. The molecule has 0 amide bonds. The summed E-state index contributed by atoms with van der Waals surface area (Å²) >= 11 is 0. The standard InChI is InChI=1S/C18H26O4/c1-4-6-7-17(21-5-2)14-22-18(19)13-10-15-8-11-16(20-3)12-9-15/h8-13,17H,4-7,14H2,1-3H3. The maximum atomic E-state index is 11.7. The van der Waals surface area contributed by atoms with Crippen LogP contribution in [0.15, 0.2) is 30.3 Å². The van der Waals surface area contributed by atoms with E-state index in [1.54, 1.807) is 13.2 Å². The first-order valence-corrected chi connectivity index (χ1v) is 7.80. The molecule has 122 valence electrons. The van der Waals surface area contributed by atoms with E-state index in [-0.39, 0.29) is 12.1 Å². The topological polar surface area (TPSA) is 44.8 Å². The SMILES string of the molecule is CCCCC(COC(=O)C=Cc1ccc(OC)cc1)OCC. The quantitative estimate of drug-likeness (QED) is 0.486. The summed E-state index contributed by atoms with van der Waals surface area (Å²) < 4.78 is 15.9. The second kappa shape index (κ2) is 10.9. The molecule has 0 spiro atoms. The number of hydrogen-bond donors (Lipinski definition) is 0. The molecule has 0 aromatic heterocycles. The summed E-state index contributed by atoms with van der Waals surface area (Å²) in [6, 6.07) is 7.46. The van der Waals surface area contributed by atoms with Gasteiger partial charge in [0, 0.05) is 12.7 Å². The van der Waals surface area contributed by atoms with Crippen LogP contribution in [-0.2, 0) is 14.3 Å². The molecule has 0 N–H and O–H groups in total. The number of ether oxygens (including phenoxy) is 3. The Kier molecular flexibility index (Phi) is 9.00. The molecule has 22 heavy (non-hydrogen) atoms. The second-order valence-corrected chi connectivity index (χ2v) is 4.96.